The van der Waals surface area contributed by atoms with Crippen LogP contribution in [0.1, 0.15) is 19.3 Å². The van der Waals surface area contributed by atoms with Crippen molar-refractivity contribution in [2.75, 3.05) is 32.1 Å². The van der Waals surface area contributed by atoms with Crippen LogP contribution >= 0.6 is 11.6 Å². The third kappa shape index (κ3) is 4.51. The Bertz CT molecular complexity index is 496. The number of piperidine rings is 1. The molecule has 1 aliphatic rings. The maximum absolute atomic E-state index is 12.1. The van der Waals surface area contributed by atoms with Crippen LogP contribution in [0.3, 0.4) is 0 Å². The van der Waals surface area contributed by atoms with E-state index < -0.39 is 0 Å². The second-order valence-corrected chi connectivity index (χ2v) is 5.59. The highest BCUT2D eigenvalue weighted by atomic mass is 35.5. The first-order chi connectivity index (χ1) is 10.1. The minimum Gasteiger partial charge on any atom is -0.495 e. The number of halogens is 1. The lowest BCUT2D eigenvalue weighted by Gasteiger charge is -2.30. The summed E-state index contributed by atoms with van der Waals surface area (Å²) < 4.78 is 5.24. The van der Waals surface area contributed by atoms with Gasteiger partial charge in [0, 0.05) is 31.1 Å². The molecule has 1 aromatic carbocycles. The predicted octanol–water partition coefficient (Wildman–Crippen LogP) is 2.13. The van der Waals surface area contributed by atoms with E-state index in [1.165, 1.54) is 0 Å². The number of nitrogens with one attached hydrogen (secondary N) is 1. The molecular formula is C15H21ClN2O3. The maximum atomic E-state index is 12.1. The molecule has 1 aromatic rings. The summed E-state index contributed by atoms with van der Waals surface area (Å²) >= 11 is 5.95. The third-order valence-corrected chi connectivity index (χ3v) is 3.80. The Labute approximate surface area is 129 Å². The van der Waals surface area contributed by atoms with Crippen molar-refractivity contribution in [1.29, 1.82) is 0 Å². The fourth-order valence-corrected chi connectivity index (χ4v) is 2.63. The van der Waals surface area contributed by atoms with Crippen molar-refractivity contribution >= 4 is 23.2 Å². The molecule has 2 N–H and O–H groups in total. The Morgan fingerprint density at radius 3 is 3.10 bits per heavy atom. The smallest absolute Gasteiger partial charge is 0.224 e. The van der Waals surface area contributed by atoms with Crippen molar-refractivity contribution in [3.05, 3.63) is 23.2 Å². The van der Waals surface area contributed by atoms with Gasteiger partial charge in [0.05, 0.1) is 18.9 Å². The minimum absolute atomic E-state index is 0.0576. The number of aliphatic hydroxyl groups excluding tert-OH is 1. The van der Waals surface area contributed by atoms with Gasteiger partial charge in [-0.15, -0.1) is 0 Å². The molecule has 1 aliphatic heterocycles. The van der Waals surface area contributed by atoms with Gasteiger partial charge < -0.3 is 20.1 Å². The lowest BCUT2D eigenvalue weighted by molar-refractivity contribution is -0.133. The number of ether oxygens (including phenoxy) is 1. The van der Waals surface area contributed by atoms with Crippen LogP contribution in [-0.4, -0.2) is 48.8 Å². The molecule has 0 bridgehead atoms. The van der Waals surface area contributed by atoms with Crippen molar-refractivity contribution in [3.63, 3.8) is 0 Å². The van der Waals surface area contributed by atoms with E-state index in [-0.39, 0.29) is 12.0 Å². The summed E-state index contributed by atoms with van der Waals surface area (Å²) in [4.78, 5) is 13.8. The van der Waals surface area contributed by atoms with Crippen molar-refractivity contribution < 1.29 is 14.6 Å². The fraction of sp³-hybridized carbons (Fsp3) is 0.533. The summed E-state index contributed by atoms with van der Waals surface area (Å²) in [6, 6.07) is 5.31. The van der Waals surface area contributed by atoms with E-state index in [0.717, 1.165) is 25.1 Å². The summed E-state index contributed by atoms with van der Waals surface area (Å²) in [5.74, 6) is 0.752. The molecule has 1 unspecified atom stereocenters. The Balaban J connectivity index is 1.83. The van der Waals surface area contributed by atoms with Crippen LogP contribution < -0.4 is 10.1 Å². The number of β-amino-alcohol motifs (C(OH)–C–C–N with tert-alkyl or cyclic N) is 1. The van der Waals surface area contributed by atoms with E-state index in [4.69, 9.17) is 16.3 Å². The molecule has 2 rings (SSSR count). The van der Waals surface area contributed by atoms with E-state index in [1.54, 1.807) is 30.2 Å². The lowest BCUT2D eigenvalue weighted by Crippen LogP contribution is -2.42. The number of aliphatic hydroxyl groups is 1. The van der Waals surface area contributed by atoms with Crippen LogP contribution in [0.4, 0.5) is 5.69 Å². The quantitative estimate of drug-likeness (QED) is 0.874. The molecule has 1 amide bonds. The van der Waals surface area contributed by atoms with E-state index in [2.05, 4.69) is 5.32 Å². The Kier molecular flexibility index (Phi) is 5.70. The van der Waals surface area contributed by atoms with Gasteiger partial charge in [0.1, 0.15) is 5.75 Å². The molecular weight excluding hydrogens is 292 g/mol. The summed E-state index contributed by atoms with van der Waals surface area (Å²) in [5.41, 5.74) is 0.775. The number of nitrogens with zero attached hydrogens (tertiary/aromatic N) is 1. The SMILES string of the molecule is COc1ccc(Cl)cc1NCCC(=O)N1CCCC(O)C1. The molecule has 21 heavy (non-hydrogen) atoms. The second-order valence-electron chi connectivity index (χ2n) is 5.16. The second kappa shape index (κ2) is 7.52. The molecule has 1 heterocycles. The normalized spacial score (nSPS) is 18.4. The Hall–Kier alpha value is -1.46. The molecule has 0 saturated carbocycles. The van der Waals surface area contributed by atoms with Gasteiger partial charge in [-0.3, -0.25) is 4.79 Å². The van der Waals surface area contributed by atoms with Gasteiger partial charge in [0.25, 0.3) is 0 Å². The maximum Gasteiger partial charge on any atom is 0.224 e. The molecule has 1 saturated heterocycles. The van der Waals surface area contributed by atoms with Crippen molar-refractivity contribution in [3.8, 4) is 5.75 Å². The van der Waals surface area contributed by atoms with Crippen LogP contribution in [0.2, 0.25) is 5.02 Å². The van der Waals surface area contributed by atoms with Gasteiger partial charge in [-0.1, -0.05) is 11.6 Å². The Morgan fingerprint density at radius 2 is 2.38 bits per heavy atom. The zero-order valence-corrected chi connectivity index (χ0v) is 12.9. The fourth-order valence-electron chi connectivity index (χ4n) is 2.46. The number of amides is 1. The van der Waals surface area contributed by atoms with Crippen LogP contribution in [0, 0.1) is 0 Å². The van der Waals surface area contributed by atoms with E-state index in [0.29, 0.717) is 30.3 Å². The number of carbonyl (C=O) groups excluding carboxylic acids is 1. The number of likely N-dealkylation sites (tertiary alicyclic amines) is 1. The number of hydrogen-bond acceptors (Lipinski definition) is 4. The molecule has 5 nitrogen and oxygen atoms in total. The van der Waals surface area contributed by atoms with Crippen molar-refractivity contribution in [2.24, 2.45) is 0 Å². The third-order valence-electron chi connectivity index (χ3n) is 3.57. The monoisotopic (exact) mass is 312 g/mol. The molecule has 0 aromatic heterocycles. The number of carbonyl (C=O) groups is 1. The van der Waals surface area contributed by atoms with Gasteiger partial charge in [0.2, 0.25) is 5.91 Å². The van der Waals surface area contributed by atoms with Gasteiger partial charge in [-0.25, -0.2) is 0 Å². The van der Waals surface area contributed by atoms with Gasteiger partial charge in [-0.05, 0) is 31.0 Å². The summed E-state index contributed by atoms with van der Waals surface area (Å²) in [6.45, 7) is 1.68. The molecule has 1 atom stereocenters. The summed E-state index contributed by atoms with van der Waals surface area (Å²) in [7, 11) is 1.59. The average Bonchev–Trinajstić information content (AvgIpc) is 2.47. The number of anilines is 1. The van der Waals surface area contributed by atoms with E-state index in [1.807, 2.05) is 0 Å². The number of methoxy groups -OCH3 is 1. The first-order valence-corrected chi connectivity index (χ1v) is 7.51. The van der Waals surface area contributed by atoms with Gasteiger partial charge >= 0.3 is 0 Å². The van der Waals surface area contributed by atoms with Crippen molar-refractivity contribution in [1.82, 2.24) is 4.90 Å². The van der Waals surface area contributed by atoms with Crippen LogP contribution in [0.15, 0.2) is 18.2 Å². The highest BCUT2D eigenvalue weighted by Crippen LogP contribution is 2.27. The largest absolute Gasteiger partial charge is 0.495 e. The zero-order chi connectivity index (χ0) is 15.2. The predicted molar refractivity (Wildman–Crippen MR) is 82.9 cm³/mol. The number of rotatable bonds is 5. The lowest BCUT2D eigenvalue weighted by atomic mass is 10.1. The molecule has 0 spiro atoms. The molecule has 1 fully saturated rings. The minimum atomic E-state index is -0.385. The molecule has 116 valence electrons. The van der Waals surface area contributed by atoms with Crippen LogP contribution in [0.25, 0.3) is 0 Å². The van der Waals surface area contributed by atoms with Crippen molar-refractivity contribution in [2.45, 2.75) is 25.4 Å². The molecule has 0 radical (unpaired) electrons. The van der Waals surface area contributed by atoms with Crippen LogP contribution in [-0.2, 0) is 4.79 Å². The average molecular weight is 313 g/mol. The standard InChI is InChI=1S/C15H21ClN2O3/c1-21-14-5-4-11(16)9-13(14)17-7-6-15(20)18-8-2-3-12(19)10-18/h4-5,9,12,17,19H,2-3,6-8,10H2,1H3. The summed E-state index contributed by atoms with van der Waals surface area (Å²) in [5, 5.41) is 13.4. The number of hydrogen-bond donors (Lipinski definition) is 2. The first kappa shape index (κ1) is 15.9. The molecule has 0 aliphatic carbocycles. The Morgan fingerprint density at radius 1 is 1.57 bits per heavy atom. The van der Waals surface area contributed by atoms with Gasteiger partial charge in [0.15, 0.2) is 0 Å². The van der Waals surface area contributed by atoms with Crippen LogP contribution in [0.5, 0.6) is 5.75 Å². The van der Waals surface area contributed by atoms with E-state index >= 15 is 0 Å². The van der Waals surface area contributed by atoms with Gasteiger partial charge in [-0.2, -0.15) is 0 Å². The first-order valence-electron chi connectivity index (χ1n) is 7.13. The number of benzene rings is 1. The highest BCUT2D eigenvalue weighted by molar-refractivity contribution is 6.30. The summed E-state index contributed by atoms with van der Waals surface area (Å²) in [6.07, 6.45) is 1.63. The highest BCUT2D eigenvalue weighted by Gasteiger charge is 2.21. The van der Waals surface area contributed by atoms with E-state index in [9.17, 15) is 9.90 Å². The molecule has 6 heteroatoms. The zero-order valence-electron chi connectivity index (χ0n) is 12.1. The topological polar surface area (TPSA) is 61.8 Å².